The number of allylic oxidation sites excluding steroid dienone is 1. The Balaban J connectivity index is 0.00000182. The molecule has 0 spiro atoms. The van der Waals surface area contributed by atoms with Gasteiger partial charge in [-0.15, -0.1) is 12.4 Å². The normalized spacial score (nSPS) is 23.2. The molecule has 3 heterocycles. The fourth-order valence-electron chi connectivity index (χ4n) is 3.76. The fourth-order valence-corrected chi connectivity index (χ4v) is 3.76. The number of hydrogen-bond donors (Lipinski definition) is 2. The molecule has 4 rings (SSSR count). The van der Waals surface area contributed by atoms with Crippen LogP contribution in [0.1, 0.15) is 28.8 Å². The van der Waals surface area contributed by atoms with Crippen LogP contribution in [0.4, 0.5) is 5.69 Å². The number of nitrogens with one attached hydrogen (secondary N) is 2. The second-order valence-corrected chi connectivity index (χ2v) is 6.66. The largest absolute Gasteiger partial charge is 0.369 e. The van der Waals surface area contributed by atoms with E-state index in [0.717, 1.165) is 55.1 Å². The van der Waals surface area contributed by atoms with Gasteiger partial charge < -0.3 is 20.4 Å². The Morgan fingerprint density at radius 3 is 2.64 bits per heavy atom. The average Bonchev–Trinajstić information content (AvgIpc) is 2.92. The Morgan fingerprint density at radius 1 is 1.16 bits per heavy atom. The van der Waals surface area contributed by atoms with E-state index >= 15 is 0 Å². The van der Waals surface area contributed by atoms with Crippen molar-refractivity contribution in [2.45, 2.75) is 25.4 Å². The molecular weight excluding hydrogens is 340 g/mol. The van der Waals surface area contributed by atoms with Crippen molar-refractivity contribution in [2.24, 2.45) is 0 Å². The van der Waals surface area contributed by atoms with Crippen LogP contribution in [0.15, 0.2) is 30.5 Å². The van der Waals surface area contributed by atoms with Gasteiger partial charge in [0.05, 0.1) is 0 Å². The summed E-state index contributed by atoms with van der Waals surface area (Å²) in [7, 11) is 0. The van der Waals surface area contributed by atoms with Crippen molar-refractivity contribution in [2.75, 3.05) is 31.1 Å². The van der Waals surface area contributed by atoms with Crippen molar-refractivity contribution in [1.29, 1.82) is 0 Å². The number of piperazine rings is 1. The van der Waals surface area contributed by atoms with Crippen LogP contribution in [0.2, 0.25) is 0 Å². The summed E-state index contributed by atoms with van der Waals surface area (Å²) in [6.07, 6.45) is 1.37. The van der Waals surface area contributed by atoms with E-state index in [4.69, 9.17) is 0 Å². The average molecular weight is 363 g/mol. The Hall–Kier alpha value is -2.05. The Kier molecular flexibility index (Phi) is 5.01. The van der Waals surface area contributed by atoms with E-state index in [0.29, 0.717) is 13.0 Å². The summed E-state index contributed by atoms with van der Waals surface area (Å²) in [5, 5.41) is 6.12. The minimum atomic E-state index is -0.391. The molecule has 1 aromatic carbocycles. The number of carbonyl (C=O) groups excluding carboxylic acids is 2. The molecule has 7 heteroatoms. The fraction of sp³-hybridized carbons (Fsp3) is 0.444. The van der Waals surface area contributed by atoms with Crippen molar-refractivity contribution in [1.82, 2.24) is 15.5 Å². The molecule has 2 fully saturated rings. The number of benzene rings is 1. The van der Waals surface area contributed by atoms with Crippen molar-refractivity contribution >= 4 is 29.9 Å². The first kappa shape index (κ1) is 17.8. The van der Waals surface area contributed by atoms with Crippen LogP contribution in [0, 0.1) is 0 Å². The van der Waals surface area contributed by atoms with Gasteiger partial charge in [0, 0.05) is 49.7 Å². The first-order valence-electron chi connectivity index (χ1n) is 8.52. The van der Waals surface area contributed by atoms with E-state index in [1.54, 1.807) is 4.90 Å². The molecule has 0 radical (unpaired) electrons. The van der Waals surface area contributed by atoms with Crippen LogP contribution in [0.3, 0.4) is 0 Å². The lowest BCUT2D eigenvalue weighted by atomic mass is 10.0. The van der Waals surface area contributed by atoms with Crippen molar-refractivity contribution in [3.63, 3.8) is 0 Å². The first-order chi connectivity index (χ1) is 11.6. The third-order valence-electron chi connectivity index (χ3n) is 5.10. The number of anilines is 1. The molecule has 2 saturated heterocycles. The van der Waals surface area contributed by atoms with Gasteiger partial charge in [0.15, 0.2) is 0 Å². The van der Waals surface area contributed by atoms with Gasteiger partial charge in [0.1, 0.15) is 6.04 Å². The smallest absolute Gasteiger partial charge is 0.255 e. The van der Waals surface area contributed by atoms with Crippen LogP contribution in [-0.4, -0.2) is 48.9 Å². The standard InChI is InChI=1S/C18H22N4O2.ClH/c1-12-2-5-16(17(23)20-12)22-11-13-10-14(3-4-15(13)18(22)24)21-8-6-19-7-9-21;/h3-4,10,16,19H,1-2,5-9,11H2,(H,20,23);1H. The summed E-state index contributed by atoms with van der Waals surface area (Å²) in [5.74, 6) is -0.153. The van der Waals surface area contributed by atoms with Crippen LogP contribution < -0.4 is 15.5 Å². The quantitative estimate of drug-likeness (QED) is 0.831. The number of fused-ring (bicyclic) bond motifs is 1. The molecule has 0 aromatic heterocycles. The minimum Gasteiger partial charge on any atom is -0.369 e. The molecule has 0 aliphatic carbocycles. The molecule has 6 nitrogen and oxygen atoms in total. The lowest BCUT2D eigenvalue weighted by Gasteiger charge is -2.31. The van der Waals surface area contributed by atoms with Crippen LogP contribution in [0.25, 0.3) is 0 Å². The third-order valence-corrected chi connectivity index (χ3v) is 5.10. The number of halogens is 1. The number of amides is 2. The van der Waals surface area contributed by atoms with Gasteiger partial charge in [-0.2, -0.15) is 0 Å². The lowest BCUT2D eigenvalue weighted by molar-refractivity contribution is -0.126. The molecule has 0 bridgehead atoms. The Labute approximate surface area is 153 Å². The zero-order valence-corrected chi connectivity index (χ0v) is 14.9. The molecular formula is C18H23ClN4O2. The summed E-state index contributed by atoms with van der Waals surface area (Å²) in [4.78, 5) is 29.0. The first-order valence-corrected chi connectivity index (χ1v) is 8.52. The van der Waals surface area contributed by atoms with E-state index in [-0.39, 0.29) is 24.2 Å². The molecule has 0 saturated carbocycles. The van der Waals surface area contributed by atoms with Gasteiger partial charge in [-0.05, 0) is 36.6 Å². The van der Waals surface area contributed by atoms with Crippen LogP contribution >= 0.6 is 12.4 Å². The molecule has 2 amide bonds. The third kappa shape index (κ3) is 3.24. The predicted molar refractivity (Wildman–Crippen MR) is 99.0 cm³/mol. The van der Waals surface area contributed by atoms with Crippen LogP contribution in [-0.2, 0) is 11.3 Å². The lowest BCUT2D eigenvalue weighted by Crippen LogP contribution is -2.49. The highest BCUT2D eigenvalue weighted by Crippen LogP contribution is 2.31. The maximum atomic E-state index is 12.7. The molecule has 1 atom stereocenters. The summed E-state index contributed by atoms with van der Waals surface area (Å²) < 4.78 is 0. The second-order valence-electron chi connectivity index (χ2n) is 6.66. The Bertz CT molecular complexity index is 715. The summed E-state index contributed by atoms with van der Waals surface area (Å²) >= 11 is 0. The molecule has 2 N–H and O–H groups in total. The zero-order chi connectivity index (χ0) is 16.7. The van der Waals surface area contributed by atoms with Gasteiger partial charge in [-0.25, -0.2) is 0 Å². The number of hydrogen-bond acceptors (Lipinski definition) is 4. The van der Waals surface area contributed by atoms with Gasteiger partial charge in [-0.3, -0.25) is 9.59 Å². The van der Waals surface area contributed by atoms with Crippen molar-refractivity contribution in [3.05, 3.63) is 41.6 Å². The molecule has 134 valence electrons. The van der Waals surface area contributed by atoms with Gasteiger partial charge in [-0.1, -0.05) is 6.58 Å². The predicted octanol–water partition coefficient (Wildman–Crippen LogP) is 1.27. The van der Waals surface area contributed by atoms with E-state index < -0.39 is 6.04 Å². The highest BCUT2D eigenvalue weighted by atomic mass is 35.5. The minimum absolute atomic E-state index is 0. The molecule has 25 heavy (non-hydrogen) atoms. The number of piperidine rings is 1. The topological polar surface area (TPSA) is 64.7 Å². The molecule has 3 aliphatic heterocycles. The number of rotatable bonds is 2. The monoisotopic (exact) mass is 362 g/mol. The molecule has 1 unspecified atom stereocenters. The summed E-state index contributed by atoms with van der Waals surface area (Å²) in [6, 6.07) is 5.65. The number of nitrogens with zero attached hydrogens (tertiary/aromatic N) is 2. The van der Waals surface area contributed by atoms with Crippen molar-refractivity contribution < 1.29 is 9.59 Å². The highest BCUT2D eigenvalue weighted by molar-refractivity contribution is 6.01. The summed E-state index contributed by atoms with van der Waals surface area (Å²) in [5.41, 5.74) is 3.65. The van der Waals surface area contributed by atoms with E-state index in [1.165, 1.54) is 0 Å². The Morgan fingerprint density at radius 2 is 1.92 bits per heavy atom. The van der Waals surface area contributed by atoms with Gasteiger partial charge in [0.25, 0.3) is 5.91 Å². The van der Waals surface area contributed by atoms with Crippen molar-refractivity contribution in [3.8, 4) is 0 Å². The maximum Gasteiger partial charge on any atom is 0.255 e. The zero-order valence-electron chi connectivity index (χ0n) is 14.1. The van der Waals surface area contributed by atoms with Gasteiger partial charge in [0.2, 0.25) is 5.91 Å². The second kappa shape index (κ2) is 7.06. The highest BCUT2D eigenvalue weighted by Gasteiger charge is 2.38. The number of carbonyl (C=O) groups is 2. The maximum absolute atomic E-state index is 12.7. The molecule has 1 aromatic rings. The van der Waals surface area contributed by atoms with E-state index in [9.17, 15) is 9.59 Å². The van der Waals surface area contributed by atoms with E-state index in [2.05, 4.69) is 28.2 Å². The van der Waals surface area contributed by atoms with E-state index in [1.807, 2.05) is 12.1 Å². The van der Waals surface area contributed by atoms with Gasteiger partial charge >= 0.3 is 0 Å². The summed E-state index contributed by atoms with van der Waals surface area (Å²) in [6.45, 7) is 8.23. The SMILES string of the molecule is C=C1CCC(N2Cc3cc(N4CCNCC4)ccc3C2=O)C(=O)N1.Cl. The van der Waals surface area contributed by atoms with Crippen LogP contribution in [0.5, 0.6) is 0 Å². The molecule has 3 aliphatic rings.